The molecule has 1 aromatic carbocycles. The summed E-state index contributed by atoms with van der Waals surface area (Å²) in [5.41, 5.74) is 7.11. The molecule has 1 saturated heterocycles. The van der Waals surface area contributed by atoms with E-state index in [-0.39, 0.29) is 5.91 Å². The summed E-state index contributed by atoms with van der Waals surface area (Å²) < 4.78 is 0.833. The van der Waals surface area contributed by atoms with E-state index in [1.54, 1.807) is 6.07 Å². The van der Waals surface area contributed by atoms with Gasteiger partial charge in [0.25, 0.3) is 5.91 Å². The first-order valence-electron chi connectivity index (χ1n) is 6.33. The number of rotatable bonds is 1. The molecule has 0 aliphatic carbocycles. The van der Waals surface area contributed by atoms with Gasteiger partial charge in [-0.05, 0) is 52.4 Å². The van der Waals surface area contributed by atoms with Crippen LogP contribution in [0, 0.1) is 11.8 Å². The Morgan fingerprint density at radius 3 is 2.72 bits per heavy atom. The van der Waals surface area contributed by atoms with Crippen molar-refractivity contribution in [2.75, 3.05) is 18.8 Å². The predicted molar refractivity (Wildman–Crippen MR) is 77.4 cm³/mol. The number of benzene rings is 1. The second kappa shape index (κ2) is 5.31. The summed E-state index contributed by atoms with van der Waals surface area (Å²) in [6.07, 6.45) is 1.08. The van der Waals surface area contributed by atoms with Crippen LogP contribution in [0.15, 0.2) is 22.7 Å². The van der Waals surface area contributed by atoms with Gasteiger partial charge in [-0.1, -0.05) is 13.8 Å². The van der Waals surface area contributed by atoms with Crippen molar-refractivity contribution in [3.8, 4) is 0 Å². The van der Waals surface area contributed by atoms with Crippen molar-refractivity contribution in [3.63, 3.8) is 0 Å². The van der Waals surface area contributed by atoms with Crippen LogP contribution in [0.5, 0.6) is 0 Å². The standard InChI is InChI=1S/C14H19BrN2O/c1-9-5-6-17(8-10(9)2)14(18)11-3-4-12(15)13(16)7-11/h3-4,7,9-10H,5-6,8,16H2,1-2H3. The number of carbonyl (C=O) groups excluding carboxylic acids is 1. The Morgan fingerprint density at radius 1 is 1.39 bits per heavy atom. The van der Waals surface area contributed by atoms with Crippen molar-refractivity contribution in [2.24, 2.45) is 11.8 Å². The van der Waals surface area contributed by atoms with E-state index in [0.717, 1.165) is 24.0 Å². The molecular formula is C14H19BrN2O. The number of halogens is 1. The van der Waals surface area contributed by atoms with Gasteiger partial charge in [-0.2, -0.15) is 0 Å². The number of hydrogen-bond donors (Lipinski definition) is 1. The zero-order valence-electron chi connectivity index (χ0n) is 10.8. The number of nitrogens with zero attached hydrogens (tertiary/aromatic N) is 1. The molecule has 4 heteroatoms. The third-order valence-electron chi connectivity index (χ3n) is 3.86. The Hall–Kier alpha value is -1.03. The number of amides is 1. The molecule has 1 aromatic rings. The largest absolute Gasteiger partial charge is 0.398 e. The zero-order chi connectivity index (χ0) is 13.3. The molecule has 18 heavy (non-hydrogen) atoms. The molecule has 3 nitrogen and oxygen atoms in total. The quantitative estimate of drug-likeness (QED) is 0.810. The lowest BCUT2D eigenvalue weighted by atomic mass is 9.88. The normalized spacial score (nSPS) is 24.1. The minimum Gasteiger partial charge on any atom is -0.398 e. The molecule has 0 radical (unpaired) electrons. The molecule has 2 atom stereocenters. The van der Waals surface area contributed by atoms with Gasteiger partial charge in [0.15, 0.2) is 0 Å². The third-order valence-corrected chi connectivity index (χ3v) is 4.59. The summed E-state index contributed by atoms with van der Waals surface area (Å²) in [5, 5.41) is 0. The number of nitrogen functional groups attached to an aromatic ring is 1. The molecule has 0 aromatic heterocycles. The second-order valence-corrected chi connectivity index (χ2v) is 6.09. The molecule has 1 heterocycles. The van der Waals surface area contributed by atoms with Gasteiger partial charge in [0.2, 0.25) is 0 Å². The third kappa shape index (κ3) is 2.69. The van der Waals surface area contributed by atoms with Crippen molar-refractivity contribution in [1.82, 2.24) is 4.90 Å². The highest BCUT2D eigenvalue weighted by Gasteiger charge is 2.26. The number of carbonyl (C=O) groups is 1. The first-order valence-corrected chi connectivity index (χ1v) is 7.12. The molecule has 1 aliphatic rings. The van der Waals surface area contributed by atoms with Crippen molar-refractivity contribution in [1.29, 1.82) is 0 Å². The fourth-order valence-corrected chi connectivity index (χ4v) is 2.55. The van der Waals surface area contributed by atoms with E-state index in [4.69, 9.17) is 5.73 Å². The van der Waals surface area contributed by atoms with Gasteiger partial charge >= 0.3 is 0 Å². The van der Waals surface area contributed by atoms with Gasteiger partial charge in [0.05, 0.1) is 0 Å². The SMILES string of the molecule is CC1CCN(C(=O)c2ccc(Br)c(N)c2)CC1C. The van der Waals surface area contributed by atoms with Gasteiger partial charge in [-0.25, -0.2) is 0 Å². The molecule has 2 rings (SSSR count). The van der Waals surface area contributed by atoms with Crippen LogP contribution in [-0.4, -0.2) is 23.9 Å². The molecule has 0 spiro atoms. The minimum atomic E-state index is 0.0907. The second-order valence-electron chi connectivity index (χ2n) is 5.23. The maximum absolute atomic E-state index is 12.4. The number of nitrogens with two attached hydrogens (primary N) is 1. The van der Waals surface area contributed by atoms with Crippen LogP contribution < -0.4 is 5.73 Å². The van der Waals surface area contributed by atoms with Crippen molar-refractivity contribution < 1.29 is 4.79 Å². The van der Waals surface area contributed by atoms with Gasteiger partial charge in [-0.15, -0.1) is 0 Å². The average molecular weight is 311 g/mol. The van der Waals surface area contributed by atoms with Crippen molar-refractivity contribution in [2.45, 2.75) is 20.3 Å². The Balaban J connectivity index is 2.14. The molecular weight excluding hydrogens is 292 g/mol. The van der Waals surface area contributed by atoms with Crippen LogP contribution in [0.25, 0.3) is 0 Å². The van der Waals surface area contributed by atoms with Gasteiger partial charge < -0.3 is 10.6 Å². The molecule has 1 fully saturated rings. The van der Waals surface area contributed by atoms with E-state index < -0.39 is 0 Å². The average Bonchev–Trinajstić information content (AvgIpc) is 2.35. The smallest absolute Gasteiger partial charge is 0.253 e. The lowest BCUT2D eigenvalue weighted by Gasteiger charge is -2.35. The summed E-state index contributed by atoms with van der Waals surface area (Å²) in [7, 11) is 0. The first kappa shape index (κ1) is 13.4. The highest BCUT2D eigenvalue weighted by molar-refractivity contribution is 9.10. The van der Waals surface area contributed by atoms with E-state index in [2.05, 4.69) is 29.8 Å². The van der Waals surface area contributed by atoms with Crippen molar-refractivity contribution in [3.05, 3.63) is 28.2 Å². The van der Waals surface area contributed by atoms with Gasteiger partial charge in [0, 0.05) is 28.8 Å². The molecule has 1 amide bonds. The number of likely N-dealkylation sites (tertiary alicyclic amines) is 1. The molecule has 98 valence electrons. The van der Waals surface area contributed by atoms with E-state index >= 15 is 0 Å². The van der Waals surface area contributed by atoms with Crippen LogP contribution >= 0.6 is 15.9 Å². The predicted octanol–water partition coefficient (Wildman–Crippen LogP) is 3.15. The summed E-state index contributed by atoms with van der Waals surface area (Å²) in [6, 6.07) is 5.40. The highest BCUT2D eigenvalue weighted by Crippen LogP contribution is 2.25. The van der Waals surface area contributed by atoms with Gasteiger partial charge in [-0.3, -0.25) is 4.79 Å². The maximum Gasteiger partial charge on any atom is 0.253 e. The van der Waals surface area contributed by atoms with Crippen LogP contribution in [0.2, 0.25) is 0 Å². The van der Waals surface area contributed by atoms with E-state index in [0.29, 0.717) is 23.1 Å². The summed E-state index contributed by atoms with van der Waals surface area (Å²) in [5.74, 6) is 1.35. The van der Waals surface area contributed by atoms with Gasteiger partial charge in [0.1, 0.15) is 0 Å². The van der Waals surface area contributed by atoms with Crippen LogP contribution in [0.4, 0.5) is 5.69 Å². The monoisotopic (exact) mass is 310 g/mol. The number of piperidine rings is 1. The van der Waals surface area contributed by atoms with Crippen LogP contribution in [0.3, 0.4) is 0 Å². The van der Waals surface area contributed by atoms with E-state index in [9.17, 15) is 4.79 Å². The number of anilines is 1. The van der Waals surface area contributed by atoms with Crippen LogP contribution in [-0.2, 0) is 0 Å². The topological polar surface area (TPSA) is 46.3 Å². The van der Waals surface area contributed by atoms with Crippen LogP contribution in [0.1, 0.15) is 30.6 Å². The Morgan fingerprint density at radius 2 is 2.11 bits per heavy atom. The summed E-state index contributed by atoms with van der Waals surface area (Å²) in [6.45, 7) is 6.15. The summed E-state index contributed by atoms with van der Waals surface area (Å²) in [4.78, 5) is 14.3. The first-order chi connectivity index (χ1) is 8.49. The maximum atomic E-state index is 12.4. The Kier molecular flexibility index (Phi) is 3.95. The van der Waals surface area contributed by atoms with E-state index in [1.807, 2.05) is 17.0 Å². The molecule has 2 N–H and O–H groups in total. The Bertz CT molecular complexity index is 461. The fraction of sp³-hybridized carbons (Fsp3) is 0.500. The number of hydrogen-bond acceptors (Lipinski definition) is 2. The zero-order valence-corrected chi connectivity index (χ0v) is 12.4. The molecule has 2 unspecified atom stereocenters. The lowest BCUT2D eigenvalue weighted by Crippen LogP contribution is -2.42. The van der Waals surface area contributed by atoms with Crippen molar-refractivity contribution >= 4 is 27.5 Å². The van der Waals surface area contributed by atoms with E-state index in [1.165, 1.54) is 0 Å². The minimum absolute atomic E-state index is 0.0907. The fourth-order valence-electron chi connectivity index (χ4n) is 2.31. The molecule has 1 aliphatic heterocycles. The lowest BCUT2D eigenvalue weighted by molar-refractivity contribution is 0.0627. The molecule has 0 saturated carbocycles. The Labute approximate surface area is 116 Å². The molecule has 0 bridgehead atoms. The summed E-state index contributed by atoms with van der Waals surface area (Å²) >= 11 is 3.34. The highest BCUT2D eigenvalue weighted by atomic mass is 79.9.